The van der Waals surface area contributed by atoms with Gasteiger partial charge in [0.1, 0.15) is 11.6 Å². The summed E-state index contributed by atoms with van der Waals surface area (Å²) in [6.45, 7) is 7.18. The number of hydrogen-bond donors (Lipinski definition) is 3. The maximum atomic E-state index is 14.7. The number of hydrogen-bond acceptors (Lipinski definition) is 5. The minimum Gasteiger partial charge on any atom is -0.481 e. The van der Waals surface area contributed by atoms with Crippen LogP contribution in [0.2, 0.25) is 5.02 Å². The second kappa shape index (κ2) is 9.72. The number of pyridine rings is 1. The number of piperidine rings is 1. The molecule has 3 N–H and O–H groups in total. The van der Waals surface area contributed by atoms with Crippen LogP contribution in [0, 0.1) is 25.1 Å². The second-order valence-electron chi connectivity index (χ2n) is 9.25. The molecule has 1 aliphatic heterocycles. The molecule has 1 saturated heterocycles. The van der Waals surface area contributed by atoms with Crippen LogP contribution in [0.4, 0.5) is 16.0 Å². The van der Waals surface area contributed by atoms with Gasteiger partial charge in [0.15, 0.2) is 5.82 Å². The highest BCUT2D eigenvalue weighted by Gasteiger charge is 2.45. The Morgan fingerprint density at radius 1 is 1.32 bits per heavy atom. The number of H-pyrrole nitrogens is 1. The number of likely N-dealkylation sites (tertiary alicyclic amines) is 1. The largest absolute Gasteiger partial charge is 0.481 e. The molecule has 0 radical (unpaired) electrons. The third-order valence-corrected chi connectivity index (χ3v) is 7.19. The number of carbonyl (C=O) groups is 1. The fourth-order valence-electron chi connectivity index (χ4n) is 4.69. The number of aromatic amines is 1. The Morgan fingerprint density at radius 2 is 2.12 bits per heavy atom. The summed E-state index contributed by atoms with van der Waals surface area (Å²) >= 11 is 6.28. The van der Waals surface area contributed by atoms with E-state index in [-0.39, 0.29) is 18.2 Å². The van der Waals surface area contributed by atoms with Gasteiger partial charge in [-0.1, -0.05) is 23.7 Å². The Morgan fingerprint density at radius 3 is 2.79 bits per heavy atom. The maximum Gasteiger partial charge on any atom is 0.310 e. The van der Waals surface area contributed by atoms with Crippen LogP contribution in [0.15, 0.2) is 36.4 Å². The minimum absolute atomic E-state index is 0.000341. The molecule has 1 aliphatic rings. The van der Waals surface area contributed by atoms with Gasteiger partial charge in [0.25, 0.3) is 0 Å². The van der Waals surface area contributed by atoms with Gasteiger partial charge in [-0.05, 0) is 69.5 Å². The molecule has 9 heteroatoms. The number of benzene rings is 1. The van der Waals surface area contributed by atoms with Crippen LogP contribution in [-0.4, -0.2) is 43.7 Å². The quantitative estimate of drug-likeness (QED) is 0.423. The Hall–Kier alpha value is -2.97. The predicted molar refractivity (Wildman–Crippen MR) is 130 cm³/mol. The van der Waals surface area contributed by atoms with Crippen molar-refractivity contribution in [1.82, 2.24) is 20.1 Å². The number of rotatable bonds is 7. The molecular formula is C25H29ClFN5O2. The number of nitrogens with zero attached hydrogens (tertiary/aromatic N) is 3. The van der Waals surface area contributed by atoms with Crippen molar-refractivity contribution in [3.8, 4) is 0 Å². The van der Waals surface area contributed by atoms with Gasteiger partial charge in [0.05, 0.1) is 11.1 Å². The lowest BCUT2D eigenvalue weighted by atomic mass is 9.72. The third-order valence-electron chi connectivity index (χ3n) is 6.78. The molecular weight excluding hydrogens is 457 g/mol. The van der Waals surface area contributed by atoms with E-state index in [1.807, 2.05) is 45.0 Å². The smallest absolute Gasteiger partial charge is 0.310 e. The van der Waals surface area contributed by atoms with Crippen LogP contribution in [0.3, 0.4) is 0 Å². The molecule has 2 aromatic heterocycles. The zero-order chi connectivity index (χ0) is 24.5. The van der Waals surface area contributed by atoms with Crippen LogP contribution in [0.5, 0.6) is 0 Å². The highest BCUT2D eigenvalue weighted by molar-refractivity contribution is 6.31. The molecule has 34 heavy (non-hydrogen) atoms. The summed E-state index contributed by atoms with van der Waals surface area (Å²) < 4.78 is 14.7. The lowest BCUT2D eigenvalue weighted by Crippen LogP contribution is -2.49. The van der Waals surface area contributed by atoms with E-state index in [2.05, 4.69) is 25.4 Å². The molecule has 0 bridgehead atoms. The van der Waals surface area contributed by atoms with Crippen LogP contribution in [-0.2, 0) is 17.8 Å². The molecule has 1 fully saturated rings. The van der Waals surface area contributed by atoms with Crippen molar-refractivity contribution < 1.29 is 14.3 Å². The number of carboxylic acids is 1. The predicted octanol–water partition coefficient (Wildman–Crippen LogP) is 5.26. The number of halogens is 2. The molecule has 2 atom stereocenters. The maximum absolute atomic E-state index is 14.7. The van der Waals surface area contributed by atoms with Gasteiger partial charge in [-0.2, -0.15) is 5.10 Å². The van der Waals surface area contributed by atoms with Crippen molar-refractivity contribution in [2.75, 3.05) is 11.9 Å². The van der Waals surface area contributed by atoms with Crippen molar-refractivity contribution >= 4 is 29.2 Å². The highest BCUT2D eigenvalue weighted by atomic mass is 35.5. The van der Waals surface area contributed by atoms with Gasteiger partial charge in [0, 0.05) is 35.8 Å². The van der Waals surface area contributed by atoms with Crippen LogP contribution < -0.4 is 5.32 Å². The van der Waals surface area contributed by atoms with E-state index in [0.29, 0.717) is 37.6 Å². The number of carboxylic acid groups (broad SMARTS) is 1. The summed E-state index contributed by atoms with van der Waals surface area (Å²) in [4.78, 5) is 19.1. The fourth-order valence-corrected chi connectivity index (χ4v) is 4.89. The van der Waals surface area contributed by atoms with Crippen molar-refractivity contribution in [3.63, 3.8) is 0 Å². The Kier molecular flexibility index (Phi) is 6.91. The fraction of sp³-hybridized carbons (Fsp3) is 0.400. The number of aromatic nitrogens is 3. The van der Waals surface area contributed by atoms with Crippen LogP contribution in [0.25, 0.3) is 0 Å². The number of aryl methyl sites for hydroxylation is 1. The summed E-state index contributed by atoms with van der Waals surface area (Å²) in [5.74, 6) is -0.437. The highest BCUT2D eigenvalue weighted by Crippen LogP contribution is 2.39. The SMILES string of the molecule is Cc1cc(Nc2ccc(F)c(CC3(C(=O)O)CCN(Cc4cccc(Cl)c4C)[C@H](C)C3)n2)n[nH]1. The van der Waals surface area contributed by atoms with Crippen LogP contribution >= 0.6 is 11.6 Å². The average molecular weight is 486 g/mol. The minimum atomic E-state index is -1.09. The van der Waals surface area contributed by atoms with Gasteiger partial charge >= 0.3 is 5.97 Å². The first-order valence-electron chi connectivity index (χ1n) is 11.3. The number of nitrogens with one attached hydrogen (secondary N) is 2. The lowest BCUT2D eigenvalue weighted by Gasteiger charge is -2.43. The Bertz CT molecular complexity index is 1200. The summed E-state index contributed by atoms with van der Waals surface area (Å²) in [6, 6.07) is 10.5. The zero-order valence-electron chi connectivity index (χ0n) is 19.5. The van der Waals surface area contributed by atoms with Crippen molar-refractivity contribution in [2.45, 2.75) is 52.6 Å². The average Bonchev–Trinajstić information content (AvgIpc) is 3.20. The second-order valence-corrected chi connectivity index (χ2v) is 9.65. The van der Waals surface area contributed by atoms with Crippen molar-refractivity contribution in [2.24, 2.45) is 5.41 Å². The number of anilines is 2. The zero-order valence-corrected chi connectivity index (χ0v) is 20.3. The molecule has 0 spiro atoms. The van der Waals surface area contributed by atoms with Crippen LogP contribution in [0.1, 0.15) is 42.3 Å². The molecule has 3 heterocycles. The van der Waals surface area contributed by atoms with E-state index in [0.717, 1.165) is 21.8 Å². The van der Waals surface area contributed by atoms with E-state index in [1.54, 1.807) is 0 Å². The first-order valence-corrected chi connectivity index (χ1v) is 11.7. The standard InChI is InChI=1S/C25H29ClFN5O2/c1-15-11-23(31-30-15)29-22-8-7-20(27)21(28-22)13-25(24(33)34)9-10-32(16(2)12-25)14-18-5-4-6-19(26)17(18)3/h4-8,11,16H,9-10,12-14H2,1-3H3,(H,33,34)(H2,28,29,30,31)/t16-,25?/m1/s1. The summed E-state index contributed by atoms with van der Waals surface area (Å²) in [7, 11) is 0. The first kappa shape index (κ1) is 24.2. The molecule has 4 rings (SSSR count). The van der Waals surface area contributed by atoms with Gasteiger partial charge in [-0.3, -0.25) is 14.8 Å². The summed E-state index contributed by atoms with van der Waals surface area (Å²) in [5.41, 5.74) is 2.10. The molecule has 3 aromatic rings. The lowest BCUT2D eigenvalue weighted by molar-refractivity contribution is -0.153. The molecule has 180 valence electrons. The summed E-state index contributed by atoms with van der Waals surface area (Å²) in [6.07, 6.45) is 0.834. The first-order chi connectivity index (χ1) is 16.2. The van der Waals surface area contributed by atoms with E-state index >= 15 is 0 Å². The molecule has 0 saturated carbocycles. The molecule has 0 aliphatic carbocycles. The number of aliphatic carboxylic acids is 1. The molecule has 0 amide bonds. The van der Waals surface area contributed by atoms with E-state index in [4.69, 9.17) is 11.6 Å². The topological polar surface area (TPSA) is 94.1 Å². The van der Waals surface area contributed by atoms with Gasteiger partial charge < -0.3 is 10.4 Å². The van der Waals surface area contributed by atoms with E-state index < -0.39 is 17.2 Å². The molecule has 1 unspecified atom stereocenters. The summed E-state index contributed by atoms with van der Waals surface area (Å²) in [5, 5.41) is 20.9. The molecule has 7 nitrogen and oxygen atoms in total. The Balaban J connectivity index is 1.52. The monoisotopic (exact) mass is 485 g/mol. The van der Waals surface area contributed by atoms with Gasteiger partial charge in [0.2, 0.25) is 0 Å². The van der Waals surface area contributed by atoms with Crippen molar-refractivity contribution in [1.29, 1.82) is 0 Å². The Labute approximate surface area is 203 Å². The van der Waals surface area contributed by atoms with E-state index in [1.165, 1.54) is 12.1 Å². The normalized spacial score (nSPS) is 20.9. The van der Waals surface area contributed by atoms with Gasteiger partial charge in [-0.25, -0.2) is 9.37 Å². The molecule has 1 aromatic carbocycles. The van der Waals surface area contributed by atoms with E-state index in [9.17, 15) is 14.3 Å². The van der Waals surface area contributed by atoms with Crippen molar-refractivity contribution in [3.05, 3.63) is 69.8 Å². The van der Waals surface area contributed by atoms with Gasteiger partial charge in [-0.15, -0.1) is 0 Å². The third kappa shape index (κ3) is 5.08.